The Balaban J connectivity index is 1.82. The van der Waals surface area contributed by atoms with Crippen molar-refractivity contribution in [2.75, 3.05) is 25.0 Å². The first-order chi connectivity index (χ1) is 9.69. The first kappa shape index (κ1) is 14.3. The molecule has 1 fully saturated rings. The highest BCUT2D eigenvalue weighted by Crippen LogP contribution is 2.15. The van der Waals surface area contributed by atoms with Gasteiger partial charge in [-0.15, -0.1) is 0 Å². The van der Waals surface area contributed by atoms with Gasteiger partial charge in [0.1, 0.15) is 11.9 Å². The highest BCUT2D eigenvalue weighted by Gasteiger charge is 2.15. The van der Waals surface area contributed by atoms with Crippen LogP contribution in [0.4, 0.5) is 14.9 Å². The van der Waals surface area contributed by atoms with E-state index in [1.165, 1.54) is 12.1 Å². The molecule has 0 bridgehead atoms. The maximum Gasteiger partial charge on any atom is 0.411 e. The van der Waals surface area contributed by atoms with Crippen molar-refractivity contribution in [3.63, 3.8) is 0 Å². The molecule has 2 rings (SSSR count). The molecular formula is C14H16FN3O2. The summed E-state index contributed by atoms with van der Waals surface area (Å²) < 4.78 is 18.5. The van der Waals surface area contributed by atoms with Gasteiger partial charge in [-0.25, -0.2) is 9.18 Å². The van der Waals surface area contributed by atoms with Crippen LogP contribution in [0.3, 0.4) is 0 Å². The Labute approximate surface area is 116 Å². The predicted octanol–water partition coefficient (Wildman–Crippen LogP) is 2.25. The van der Waals surface area contributed by atoms with E-state index < -0.39 is 11.9 Å². The van der Waals surface area contributed by atoms with Crippen LogP contribution in [0.5, 0.6) is 0 Å². The van der Waals surface area contributed by atoms with Gasteiger partial charge in [-0.3, -0.25) is 5.32 Å². The topological polar surface area (TPSA) is 74.2 Å². The Kier molecular flexibility index (Phi) is 4.91. The number of nitrogens with one attached hydrogen (secondary N) is 2. The number of hydrogen-bond donors (Lipinski definition) is 2. The summed E-state index contributed by atoms with van der Waals surface area (Å²) in [6, 6.07) is 5.60. The number of nitrogens with zero attached hydrogens (tertiary/aromatic N) is 1. The Morgan fingerprint density at radius 2 is 2.25 bits per heavy atom. The van der Waals surface area contributed by atoms with Gasteiger partial charge in [0.15, 0.2) is 0 Å². The summed E-state index contributed by atoms with van der Waals surface area (Å²) in [4.78, 5) is 11.6. The SMILES string of the molecule is N#Cc1ccc(NC(=O)OCC2CCNCC2)cc1F. The van der Waals surface area contributed by atoms with Crippen molar-refractivity contribution < 1.29 is 13.9 Å². The smallest absolute Gasteiger partial charge is 0.411 e. The van der Waals surface area contributed by atoms with Crippen molar-refractivity contribution >= 4 is 11.8 Å². The number of carbonyl (C=O) groups excluding carboxylic acids is 1. The Bertz CT molecular complexity index is 522. The molecule has 1 aromatic rings. The number of carbonyl (C=O) groups is 1. The van der Waals surface area contributed by atoms with Gasteiger partial charge in [0.2, 0.25) is 0 Å². The van der Waals surface area contributed by atoms with E-state index in [0.717, 1.165) is 32.0 Å². The van der Waals surface area contributed by atoms with Crippen molar-refractivity contribution in [1.82, 2.24) is 5.32 Å². The fourth-order valence-electron chi connectivity index (χ4n) is 2.08. The van der Waals surface area contributed by atoms with Crippen molar-refractivity contribution in [2.45, 2.75) is 12.8 Å². The third-order valence-electron chi connectivity index (χ3n) is 3.24. The van der Waals surface area contributed by atoms with E-state index in [-0.39, 0.29) is 11.3 Å². The average Bonchev–Trinajstić information content (AvgIpc) is 2.46. The lowest BCUT2D eigenvalue weighted by Gasteiger charge is -2.22. The number of anilines is 1. The molecule has 1 heterocycles. The number of piperidine rings is 1. The minimum Gasteiger partial charge on any atom is -0.449 e. The molecule has 1 amide bonds. The Morgan fingerprint density at radius 1 is 1.50 bits per heavy atom. The average molecular weight is 277 g/mol. The van der Waals surface area contributed by atoms with Crippen LogP contribution in [0.15, 0.2) is 18.2 Å². The van der Waals surface area contributed by atoms with Crippen LogP contribution in [0, 0.1) is 23.1 Å². The summed E-state index contributed by atoms with van der Waals surface area (Å²) in [6.07, 6.45) is 1.37. The van der Waals surface area contributed by atoms with Crippen LogP contribution in [0.1, 0.15) is 18.4 Å². The normalized spacial score (nSPS) is 15.4. The molecule has 2 N–H and O–H groups in total. The number of ether oxygens (including phenoxy) is 1. The third kappa shape index (κ3) is 3.93. The molecule has 0 unspecified atom stereocenters. The summed E-state index contributed by atoms with van der Waals surface area (Å²) in [5.74, 6) is -0.289. The fraction of sp³-hybridized carbons (Fsp3) is 0.429. The number of nitriles is 1. The first-order valence-corrected chi connectivity index (χ1v) is 6.53. The fourth-order valence-corrected chi connectivity index (χ4v) is 2.08. The molecule has 5 nitrogen and oxygen atoms in total. The van der Waals surface area contributed by atoms with Gasteiger partial charge in [0.25, 0.3) is 0 Å². The standard InChI is InChI=1S/C14H16FN3O2/c15-13-7-12(2-1-11(13)8-16)18-14(19)20-9-10-3-5-17-6-4-10/h1-2,7,10,17H,3-6,9H2,(H,18,19). The van der Waals surface area contributed by atoms with Crippen LogP contribution in [-0.2, 0) is 4.74 Å². The molecule has 0 radical (unpaired) electrons. The van der Waals surface area contributed by atoms with Crippen LogP contribution in [0.2, 0.25) is 0 Å². The van der Waals surface area contributed by atoms with Crippen molar-refractivity contribution in [3.05, 3.63) is 29.6 Å². The predicted molar refractivity (Wildman–Crippen MR) is 71.7 cm³/mol. The van der Waals surface area contributed by atoms with E-state index in [1.807, 2.05) is 0 Å². The molecule has 0 spiro atoms. The molecule has 1 aliphatic heterocycles. The van der Waals surface area contributed by atoms with E-state index in [1.54, 1.807) is 6.07 Å². The quantitative estimate of drug-likeness (QED) is 0.888. The molecule has 20 heavy (non-hydrogen) atoms. The largest absolute Gasteiger partial charge is 0.449 e. The number of hydrogen-bond acceptors (Lipinski definition) is 4. The van der Waals surface area contributed by atoms with Gasteiger partial charge in [-0.1, -0.05) is 0 Å². The summed E-state index contributed by atoms with van der Waals surface area (Å²) in [7, 11) is 0. The van der Waals surface area contributed by atoms with E-state index in [9.17, 15) is 9.18 Å². The lowest BCUT2D eigenvalue weighted by Crippen LogP contribution is -2.31. The molecule has 6 heteroatoms. The number of amides is 1. The molecule has 0 aromatic heterocycles. The highest BCUT2D eigenvalue weighted by molar-refractivity contribution is 5.84. The zero-order chi connectivity index (χ0) is 14.4. The number of benzene rings is 1. The van der Waals surface area contributed by atoms with Gasteiger partial charge < -0.3 is 10.1 Å². The van der Waals surface area contributed by atoms with Crippen LogP contribution >= 0.6 is 0 Å². The molecule has 0 aliphatic carbocycles. The second-order valence-electron chi connectivity index (χ2n) is 4.72. The van der Waals surface area contributed by atoms with Gasteiger partial charge >= 0.3 is 6.09 Å². The molecule has 106 valence electrons. The summed E-state index contributed by atoms with van der Waals surface area (Å²) in [5, 5.41) is 14.3. The summed E-state index contributed by atoms with van der Waals surface area (Å²) >= 11 is 0. The van der Waals surface area contributed by atoms with Gasteiger partial charge in [0.05, 0.1) is 12.2 Å². The Morgan fingerprint density at radius 3 is 2.90 bits per heavy atom. The Hall–Kier alpha value is -2.13. The zero-order valence-electron chi connectivity index (χ0n) is 11.0. The van der Waals surface area contributed by atoms with E-state index >= 15 is 0 Å². The van der Waals surface area contributed by atoms with Crippen molar-refractivity contribution in [1.29, 1.82) is 5.26 Å². The minimum absolute atomic E-state index is 0.0568. The van der Waals surface area contributed by atoms with Crippen LogP contribution in [-0.4, -0.2) is 25.8 Å². The molecule has 1 aliphatic rings. The second kappa shape index (κ2) is 6.87. The third-order valence-corrected chi connectivity index (χ3v) is 3.24. The maximum absolute atomic E-state index is 13.4. The number of halogens is 1. The molecule has 0 saturated carbocycles. The highest BCUT2D eigenvalue weighted by atomic mass is 19.1. The van der Waals surface area contributed by atoms with Crippen molar-refractivity contribution in [3.8, 4) is 6.07 Å². The molecular weight excluding hydrogens is 261 g/mol. The minimum atomic E-state index is -0.663. The first-order valence-electron chi connectivity index (χ1n) is 6.53. The number of rotatable bonds is 3. The zero-order valence-corrected chi connectivity index (χ0v) is 11.0. The van der Waals surface area contributed by atoms with Gasteiger partial charge in [0, 0.05) is 5.69 Å². The lowest BCUT2D eigenvalue weighted by atomic mass is 9.99. The monoisotopic (exact) mass is 277 g/mol. The van der Waals surface area contributed by atoms with E-state index in [4.69, 9.17) is 10.00 Å². The maximum atomic E-state index is 13.4. The van der Waals surface area contributed by atoms with Gasteiger partial charge in [-0.05, 0) is 50.0 Å². The summed E-state index contributed by atoms with van der Waals surface area (Å²) in [5.41, 5.74) is 0.218. The molecule has 0 atom stereocenters. The second-order valence-corrected chi connectivity index (χ2v) is 4.72. The van der Waals surface area contributed by atoms with E-state index in [0.29, 0.717) is 12.5 Å². The van der Waals surface area contributed by atoms with Crippen LogP contribution < -0.4 is 10.6 Å². The van der Waals surface area contributed by atoms with Crippen molar-refractivity contribution in [2.24, 2.45) is 5.92 Å². The molecule has 1 aromatic carbocycles. The van der Waals surface area contributed by atoms with Gasteiger partial charge in [-0.2, -0.15) is 5.26 Å². The lowest BCUT2D eigenvalue weighted by molar-refractivity contribution is 0.131. The molecule has 1 saturated heterocycles. The van der Waals surface area contributed by atoms with Crippen LogP contribution in [0.25, 0.3) is 0 Å². The summed E-state index contributed by atoms with van der Waals surface area (Å²) in [6.45, 7) is 2.25. The van der Waals surface area contributed by atoms with E-state index in [2.05, 4.69) is 10.6 Å².